The zero-order chi connectivity index (χ0) is 16.8. The fraction of sp³-hybridized carbons (Fsp3) is 0.375. The van der Waals surface area contributed by atoms with Crippen LogP contribution in [0.5, 0.6) is 0 Å². The van der Waals surface area contributed by atoms with E-state index in [4.69, 9.17) is 11.6 Å². The maximum atomic E-state index is 6.04. The normalized spacial score (nSPS) is 11.4. The number of halogens is 1. The van der Waals surface area contributed by atoms with Crippen LogP contribution in [0.3, 0.4) is 0 Å². The fourth-order valence-corrected chi connectivity index (χ4v) is 3.09. The van der Waals surface area contributed by atoms with Crippen molar-refractivity contribution in [1.82, 2.24) is 15.2 Å². The molecule has 0 aliphatic rings. The Balaban J connectivity index is 1.93. The van der Waals surface area contributed by atoms with Gasteiger partial charge in [0.1, 0.15) is 0 Å². The molecular formula is C16H22ClN5S. The van der Waals surface area contributed by atoms with Crippen LogP contribution < -0.4 is 10.2 Å². The number of nitrogens with one attached hydrogen (secondary N) is 1. The van der Waals surface area contributed by atoms with Crippen molar-refractivity contribution in [3.05, 3.63) is 45.9 Å². The first-order valence-electron chi connectivity index (χ1n) is 7.27. The zero-order valence-electron chi connectivity index (χ0n) is 13.9. The summed E-state index contributed by atoms with van der Waals surface area (Å²) >= 11 is 7.67. The second-order valence-corrected chi connectivity index (χ2v) is 6.68. The lowest BCUT2D eigenvalue weighted by atomic mass is 10.2. The predicted octanol–water partition coefficient (Wildman–Crippen LogP) is 3.07. The maximum absolute atomic E-state index is 6.04. The Hall–Kier alpha value is -1.79. The van der Waals surface area contributed by atoms with E-state index in [1.54, 1.807) is 18.4 Å². The second-order valence-electron chi connectivity index (χ2n) is 5.40. The van der Waals surface area contributed by atoms with Crippen LogP contribution in [0.2, 0.25) is 5.02 Å². The van der Waals surface area contributed by atoms with Crippen molar-refractivity contribution in [2.45, 2.75) is 13.1 Å². The number of rotatable bonds is 5. The van der Waals surface area contributed by atoms with Crippen LogP contribution in [-0.2, 0) is 13.1 Å². The summed E-state index contributed by atoms with van der Waals surface area (Å²) in [7, 11) is 7.77. The van der Waals surface area contributed by atoms with Gasteiger partial charge >= 0.3 is 0 Å². The van der Waals surface area contributed by atoms with Crippen LogP contribution >= 0.6 is 22.9 Å². The lowest BCUT2D eigenvalue weighted by Crippen LogP contribution is -2.38. The summed E-state index contributed by atoms with van der Waals surface area (Å²) in [5, 5.41) is 7.15. The highest BCUT2D eigenvalue weighted by Gasteiger charge is 2.09. The van der Waals surface area contributed by atoms with Crippen molar-refractivity contribution in [3.63, 3.8) is 0 Å². The average Bonchev–Trinajstić information content (AvgIpc) is 2.97. The lowest BCUT2D eigenvalue weighted by Gasteiger charge is -2.22. The molecule has 1 N–H and O–H groups in total. The van der Waals surface area contributed by atoms with Gasteiger partial charge in [-0.25, -0.2) is 4.98 Å². The number of anilines is 1. The van der Waals surface area contributed by atoms with Crippen molar-refractivity contribution < 1.29 is 0 Å². The molecule has 0 saturated heterocycles. The summed E-state index contributed by atoms with van der Waals surface area (Å²) in [5.74, 6) is 0.823. The number of aromatic nitrogens is 1. The van der Waals surface area contributed by atoms with E-state index in [0.717, 1.165) is 33.9 Å². The molecule has 7 heteroatoms. The minimum Gasteiger partial charge on any atom is -0.354 e. The van der Waals surface area contributed by atoms with Crippen molar-refractivity contribution in [1.29, 1.82) is 0 Å². The van der Waals surface area contributed by atoms with E-state index in [-0.39, 0.29) is 0 Å². The quantitative estimate of drug-likeness (QED) is 0.664. The molecule has 1 aromatic heterocycles. The first-order chi connectivity index (χ1) is 11.0. The summed E-state index contributed by atoms with van der Waals surface area (Å²) in [6.07, 6.45) is 0. The molecule has 0 fully saturated rings. The van der Waals surface area contributed by atoms with Crippen molar-refractivity contribution >= 4 is 34.0 Å². The first-order valence-corrected chi connectivity index (χ1v) is 8.53. The molecule has 2 rings (SSSR count). The molecule has 1 heterocycles. The number of benzene rings is 1. The smallest absolute Gasteiger partial charge is 0.194 e. The molecule has 2 aromatic rings. The van der Waals surface area contributed by atoms with Crippen molar-refractivity contribution in [2.24, 2.45) is 4.99 Å². The van der Waals surface area contributed by atoms with Gasteiger partial charge in [0.25, 0.3) is 0 Å². The summed E-state index contributed by atoms with van der Waals surface area (Å²) < 4.78 is 0. The minimum absolute atomic E-state index is 0.650. The summed E-state index contributed by atoms with van der Waals surface area (Å²) in [5.41, 5.74) is 2.16. The molecule has 0 saturated carbocycles. The van der Waals surface area contributed by atoms with Gasteiger partial charge in [-0.3, -0.25) is 4.99 Å². The summed E-state index contributed by atoms with van der Waals surface area (Å²) in [6, 6.07) is 7.86. The topological polar surface area (TPSA) is 43.8 Å². The van der Waals surface area contributed by atoms with Gasteiger partial charge < -0.3 is 15.1 Å². The molecule has 0 radical (unpaired) electrons. The highest BCUT2D eigenvalue weighted by Crippen LogP contribution is 2.17. The van der Waals surface area contributed by atoms with Crippen molar-refractivity contribution in [2.75, 3.05) is 33.1 Å². The monoisotopic (exact) mass is 351 g/mol. The Bertz CT molecular complexity index is 668. The van der Waals surface area contributed by atoms with Crippen LogP contribution in [0, 0.1) is 0 Å². The molecule has 1 aromatic carbocycles. The zero-order valence-corrected chi connectivity index (χ0v) is 15.4. The highest BCUT2D eigenvalue weighted by molar-refractivity contribution is 7.13. The van der Waals surface area contributed by atoms with Gasteiger partial charge in [-0.15, -0.1) is 11.3 Å². The van der Waals surface area contributed by atoms with Gasteiger partial charge in [-0.1, -0.05) is 23.7 Å². The Labute approximate surface area is 146 Å². The minimum atomic E-state index is 0.650. The van der Waals surface area contributed by atoms with Gasteiger partial charge in [-0.05, 0) is 17.7 Å². The molecule has 124 valence electrons. The lowest BCUT2D eigenvalue weighted by molar-refractivity contribution is 0.476. The number of thiazole rings is 1. The van der Waals surface area contributed by atoms with E-state index in [0.29, 0.717) is 6.54 Å². The Morgan fingerprint density at radius 2 is 2.13 bits per heavy atom. The SMILES string of the molecule is CN=C(NCc1csc(N(C)C)n1)N(C)Cc1cccc(Cl)c1. The first kappa shape index (κ1) is 17.6. The third-order valence-corrected chi connectivity index (χ3v) is 4.52. The third kappa shape index (κ3) is 5.11. The molecule has 0 aliphatic heterocycles. The number of hydrogen-bond donors (Lipinski definition) is 1. The Kier molecular flexibility index (Phi) is 6.24. The van der Waals surface area contributed by atoms with Crippen LogP contribution in [0.25, 0.3) is 0 Å². The van der Waals surface area contributed by atoms with Gasteiger partial charge in [0.05, 0.1) is 12.2 Å². The van der Waals surface area contributed by atoms with E-state index in [9.17, 15) is 0 Å². The van der Waals surface area contributed by atoms with Gasteiger partial charge in [0.15, 0.2) is 11.1 Å². The molecule has 0 aliphatic carbocycles. The van der Waals surface area contributed by atoms with E-state index >= 15 is 0 Å². The second kappa shape index (κ2) is 8.17. The predicted molar refractivity (Wildman–Crippen MR) is 99.6 cm³/mol. The number of hydrogen-bond acceptors (Lipinski definition) is 4. The molecule has 0 spiro atoms. The van der Waals surface area contributed by atoms with Crippen LogP contribution in [-0.4, -0.2) is 44.0 Å². The molecule has 0 amide bonds. The molecule has 23 heavy (non-hydrogen) atoms. The van der Waals surface area contributed by atoms with E-state index in [1.165, 1.54) is 0 Å². The summed E-state index contributed by atoms with van der Waals surface area (Å²) in [4.78, 5) is 13.0. The van der Waals surface area contributed by atoms with Gasteiger partial charge in [-0.2, -0.15) is 0 Å². The van der Waals surface area contributed by atoms with Crippen LogP contribution in [0.1, 0.15) is 11.3 Å². The molecule has 5 nitrogen and oxygen atoms in total. The third-order valence-electron chi connectivity index (χ3n) is 3.23. The largest absolute Gasteiger partial charge is 0.354 e. The van der Waals surface area contributed by atoms with Gasteiger partial charge in [0.2, 0.25) is 0 Å². The molecular weight excluding hydrogens is 330 g/mol. The van der Waals surface area contributed by atoms with E-state index in [2.05, 4.69) is 31.6 Å². The van der Waals surface area contributed by atoms with Crippen LogP contribution in [0.4, 0.5) is 5.13 Å². The maximum Gasteiger partial charge on any atom is 0.194 e. The number of guanidine groups is 1. The van der Waals surface area contributed by atoms with E-state index < -0.39 is 0 Å². The number of aliphatic imine (C=N–C) groups is 1. The van der Waals surface area contributed by atoms with Crippen LogP contribution in [0.15, 0.2) is 34.6 Å². The molecule has 0 atom stereocenters. The summed E-state index contributed by atoms with van der Waals surface area (Å²) in [6.45, 7) is 1.39. The Morgan fingerprint density at radius 1 is 1.35 bits per heavy atom. The standard InChI is InChI=1S/C16H22ClN5S/c1-18-15(19-9-14-11-23-16(20-14)21(2)3)22(4)10-12-6-5-7-13(17)8-12/h5-8,11H,9-10H2,1-4H3,(H,18,19). The molecule has 0 unspecified atom stereocenters. The van der Waals surface area contributed by atoms with E-state index in [1.807, 2.05) is 44.2 Å². The Morgan fingerprint density at radius 3 is 2.74 bits per heavy atom. The molecule has 0 bridgehead atoms. The highest BCUT2D eigenvalue weighted by atomic mass is 35.5. The van der Waals surface area contributed by atoms with Gasteiger partial charge in [0, 0.05) is 45.1 Å². The number of nitrogens with zero attached hydrogens (tertiary/aromatic N) is 4. The average molecular weight is 352 g/mol. The van der Waals surface area contributed by atoms with Crippen molar-refractivity contribution in [3.8, 4) is 0 Å². The fourth-order valence-electron chi connectivity index (χ4n) is 2.12.